The standard InChI is InChI=1S/C44H32N4O/c1-29-11-5-2-10-16-34-23-32(18-20-41(34)49-29)33-17-19-40-37(24-33)43-38-28-45-22-21-35(38)27-46-44(43)48(40)42-26-36(30-12-6-3-7-13-30)25-39(47-42)31-14-8-4-9-15-31/h2-15,17-29H,16H2,1H3/b10-2-,11-5-. The van der Waals surface area contributed by atoms with Gasteiger partial charge in [-0.05, 0) is 89.7 Å². The van der Waals surface area contributed by atoms with Crippen molar-refractivity contribution in [3.05, 3.63) is 164 Å². The maximum Gasteiger partial charge on any atom is 0.147 e. The Balaban J connectivity index is 1.29. The average Bonchev–Trinajstić information content (AvgIpc) is 3.53. The Morgan fingerprint density at radius 1 is 0.694 bits per heavy atom. The summed E-state index contributed by atoms with van der Waals surface area (Å²) in [7, 11) is 0. The van der Waals surface area contributed by atoms with Crippen LogP contribution >= 0.6 is 0 Å². The van der Waals surface area contributed by atoms with E-state index in [-0.39, 0.29) is 6.10 Å². The molecule has 5 heteroatoms. The van der Waals surface area contributed by atoms with Gasteiger partial charge in [0.15, 0.2) is 0 Å². The van der Waals surface area contributed by atoms with Crippen molar-refractivity contribution in [1.82, 2.24) is 19.5 Å². The molecule has 0 bridgehead atoms. The summed E-state index contributed by atoms with van der Waals surface area (Å²) >= 11 is 0. The molecule has 1 unspecified atom stereocenters. The molecule has 0 saturated carbocycles. The summed E-state index contributed by atoms with van der Waals surface area (Å²) in [6, 6.07) is 40.4. The van der Waals surface area contributed by atoms with E-state index in [0.29, 0.717) is 0 Å². The van der Waals surface area contributed by atoms with Crippen LogP contribution in [0.1, 0.15) is 12.5 Å². The number of hydrogen-bond acceptors (Lipinski definition) is 4. The molecule has 0 saturated heterocycles. The molecule has 8 aromatic rings. The maximum atomic E-state index is 6.27. The van der Waals surface area contributed by atoms with Gasteiger partial charge in [0.25, 0.3) is 0 Å². The molecule has 0 N–H and O–H groups in total. The lowest BCUT2D eigenvalue weighted by atomic mass is 9.98. The fourth-order valence-corrected chi connectivity index (χ4v) is 6.89. The van der Waals surface area contributed by atoms with E-state index in [4.69, 9.17) is 14.7 Å². The highest BCUT2D eigenvalue weighted by atomic mass is 16.5. The van der Waals surface area contributed by atoms with Crippen molar-refractivity contribution in [3.63, 3.8) is 0 Å². The Kier molecular flexibility index (Phi) is 7.09. The molecule has 5 heterocycles. The van der Waals surface area contributed by atoms with E-state index < -0.39 is 0 Å². The summed E-state index contributed by atoms with van der Waals surface area (Å²) in [5.41, 5.74) is 9.50. The largest absolute Gasteiger partial charge is 0.486 e. The van der Waals surface area contributed by atoms with Crippen molar-refractivity contribution >= 4 is 32.7 Å². The zero-order valence-electron chi connectivity index (χ0n) is 27.0. The number of fused-ring (bicyclic) bond motifs is 6. The minimum atomic E-state index is 0.000583. The van der Waals surface area contributed by atoms with Crippen LogP contribution in [0, 0.1) is 0 Å². The van der Waals surface area contributed by atoms with Crippen LogP contribution in [-0.2, 0) is 6.42 Å². The highest BCUT2D eigenvalue weighted by molar-refractivity contribution is 6.20. The van der Waals surface area contributed by atoms with E-state index in [9.17, 15) is 0 Å². The van der Waals surface area contributed by atoms with Gasteiger partial charge in [0.05, 0.1) is 11.2 Å². The first-order valence-corrected chi connectivity index (χ1v) is 16.6. The topological polar surface area (TPSA) is 52.8 Å². The van der Waals surface area contributed by atoms with Gasteiger partial charge in [0, 0.05) is 45.7 Å². The summed E-state index contributed by atoms with van der Waals surface area (Å²) in [5.74, 6) is 1.73. The van der Waals surface area contributed by atoms with Crippen molar-refractivity contribution in [2.24, 2.45) is 0 Å². The van der Waals surface area contributed by atoms with Gasteiger partial charge in [-0.25, -0.2) is 9.97 Å². The van der Waals surface area contributed by atoms with Crippen LogP contribution in [0.15, 0.2) is 158 Å². The number of pyridine rings is 3. The second kappa shape index (κ2) is 12.0. The van der Waals surface area contributed by atoms with Crippen LogP contribution in [0.4, 0.5) is 0 Å². The fourth-order valence-electron chi connectivity index (χ4n) is 6.89. The van der Waals surface area contributed by atoms with Gasteiger partial charge in [-0.3, -0.25) is 9.55 Å². The molecule has 0 radical (unpaired) electrons. The summed E-state index contributed by atoms with van der Waals surface area (Å²) in [6.45, 7) is 2.07. The van der Waals surface area contributed by atoms with Crippen LogP contribution in [0.5, 0.6) is 5.75 Å². The zero-order chi connectivity index (χ0) is 32.7. The minimum absolute atomic E-state index is 0.000583. The molecule has 0 aliphatic carbocycles. The zero-order valence-corrected chi connectivity index (χ0v) is 27.0. The summed E-state index contributed by atoms with van der Waals surface area (Å²) in [6.07, 6.45) is 14.9. The molecule has 1 aliphatic rings. The Hall–Kier alpha value is -6.33. The summed E-state index contributed by atoms with van der Waals surface area (Å²) in [4.78, 5) is 14.9. The van der Waals surface area contributed by atoms with Crippen LogP contribution in [0.25, 0.3) is 72.0 Å². The van der Waals surface area contributed by atoms with E-state index in [1.165, 1.54) is 5.56 Å². The van der Waals surface area contributed by atoms with Crippen molar-refractivity contribution in [3.8, 4) is 45.1 Å². The number of allylic oxidation sites excluding steroid dienone is 3. The number of benzene rings is 4. The van der Waals surface area contributed by atoms with Gasteiger partial charge in [-0.15, -0.1) is 0 Å². The van der Waals surface area contributed by atoms with Crippen molar-refractivity contribution in [2.45, 2.75) is 19.4 Å². The van der Waals surface area contributed by atoms with Crippen molar-refractivity contribution < 1.29 is 4.74 Å². The smallest absolute Gasteiger partial charge is 0.147 e. The molecular weight excluding hydrogens is 601 g/mol. The normalized spacial score (nSPS) is 15.7. The van der Waals surface area contributed by atoms with Gasteiger partial charge < -0.3 is 4.74 Å². The average molecular weight is 633 g/mol. The molecular formula is C44H32N4O. The fraction of sp³-hybridized carbons (Fsp3) is 0.0682. The third kappa shape index (κ3) is 5.26. The summed E-state index contributed by atoms with van der Waals surface area (Å²) < 4.78 is 8.47. The van der Waals surface area contributed by atoms with Gasteiger partial charge in [0.1, 0.15) is 23.3 Å². The quantitative estimate of drug-likeness (QED) is 0.194. The molecule has 1 atom stereocenters. The van der Waals surface area contributed by atoms with Crippen LogP contribution in [0.2, 0.25) is 0 Å². The predicted molar refractivity (Wildman–Crippen MR) is 200 cm³/mol. The lowest BCUT2D eigenvalue weighted by Crippen LogP contribution is -2.09. The molecule has 0 amide bonds. The molecule has 4 aromatic heterocycles. The number of ether oxygens (including phenoxy) is 1. The van der Waals surface area contributed by atoms with Gasteiger partial charge >= 0.3 is 0 Å². The first kappa shape index (κ1) is 28.9. The number of hydrogen-bond donors (Lipinski definition) is 0. The Morgan fingerprint density at radius 3 is 2.35 bits per heavy atom. The molecule has 0 spiro atoms. The minimum Gasteiger partial charge on any atom is -0.486 e. The Bertz CT molecular complexity index is 2510. The second-order valence-corrected chi connectivity index (χ2v) is 12.5. The maximum absolute atomic E-state index is 6.27. The monoisotopic (exact) mass is 632 g/mol. The Morgan fingerprint density at radius 2 is 1.49 bits per heavy atom. The predicted octanol–water partition coefficient (Wildman–Crippen LogP) is 10.6. The summed E-state index contributed by atoms with van der Waals surface area (Å²) in [5, 5.41) is 4.27. The van der Waals surface area contributed by atoms with Crippen LogP contribution in [0.3, 0.4) is 0 Å². The van der Waals surface area contributed by atoms with E-state index >= 15 is 0 Å². The third-order valence-corrected chi connectivity index (χ3v) is 9.28. The van der Waals surface area contributed by atoms with Gasteiger partial charge in [-0.1, -0.05) is 91.0 Å². The van der Waals surface area contributed by atoms with Gasteiger partial charge in [-0.2, -0.15) is 0 Å². The van der Waals surface area contributed by atoms with E-state index in [1.807, 2.05) is 36.8 Å². The van der Waals surface area contributed by atoms with Crippen LogP contribution in [-0.4, -0.2) is 25.6 Å². The lowest BCUT2D eigenvalue weighted by Gasteiger charge is -2.15. The Labute approximate surface area is 284 Å². The van der Waals surface area contributed by atoms with Gasteiger partial charge in [0.2, 0.25) is 0 Å². The first-order chi connectivity index (χ1) is 24.2. The van der Waals surface area contributed by atoms with Crippen molar-refractivity contribution in [2.75, 3.05) is 0 Å². The number of aromatic nitrogens is 4. The van der Waals surface area contributed by atoms with Crippen molar-refractivity contribution in [1.29, 1.82) is 0 Å². The second-order valence-electron chi connectivity index (χ2n) is 12.5. The molecule has 9 rings (SSSR count). The highest BCUT2D eigenvalue weighted by Gasteiger charge is 2.20. The number of nitrogens with zero attached hydrogens (tertiary/aromatic N) is 4. The highest BCUT2D eigenvalue weighted by Crippen LogP contribution is 2.39. The molecule has 49 heavy (non-hydrogen) atoms. The van der Waals surface area contributed by atoms with E-state index in [0.717, 1.165) is 84.2 Å². The molecule has 4 aromatic carbocycles. The lowest BCUT2D eigenvalue weighted by molar-refractivity contribution is 0.268. The van der Waals surface area contributed by atoms with Crippen LogP contribution < -0.4 is 4.74 Å². The number of rotatable bonds is 4. The molecule has 5 nitrogen and oxygen atoms in total. The SMILES string of the molecule is CC1/C=C\C=C/Cc2cc(-c3ccc4c(c3)c3c5cnccc5cnc3n4-c3cc(-c4ccccc4)cc(-c4ccccc4)n3)ccc2O1. The van der Waals surface area contributed by atoms with E-state index in [1.54, 1.807) is 0 Å². The van der Waals surface area contributed by atoms with E-state index in [2.05, 4.69) is 138 Å². The third-order valence-electron chi connectivity index (χ3n) is 9.28. The molecule has 0 fully saturated rings. The molecule has 234 valence electrons. The first-order valence-electron chi connectivity index (χ1n) is 16.6. The molecule has 1 aliphatic heterocycles.